The topological polar surface area (TPSA) is 41.5 Å². The molecule has 0 heterocycles. The number of rotatable bonds is 6. The number of aliphatic hydroxyl groups is 1. The summed E-state index contributed by atoms with van der Waals surface area (Å²) in [6.07, 6.45) is 0.668. The Morgan fingerprint density at radius 1 is 1.24 bits per heavy atom. The molecule has 0 saturated carbocycles. The van der Waals surface area contributed by atoms with E-state index in [1.807, 2.05) is 18.2 Å². The second-order valence-electron chi connectivity index (χ2n) is 5.14. The maximum atomic E-state index is 8.73. The Balaban J connectivity index is 2.58. The molecule has 3 nitrogen and oxygen atoms in total. The zero-order valence-electron chi connectivity index (χ0n) is 11.0. The van der Waals surface area contributed by atoms with Gasteiger partial charge in [0.25, 0.3) is 0 Å². The van der Waals surface area contributed by atoms with Crippen LogP contribution in [-0.2, 0) is 6.54 Å². The quantitative estimate of drug-likeness (QED) is 0.746. The van der Waals surface area contributed by atoms with Gasteiger partial charge in [0.15, 0.2) is 0 Å². The second-order valence-corrected chi connectivity index (χ2v) is 5.14. The molecule has 0 aromatic heterocycles. The largest absolute Gasteiger partial charge is 0.493 e. The third kappa shape index (κ3) is 5.71. The first-order chi connectivity index (χ1) is 8.03. The van der Waals surface area contributed by atoms with Crippen molar-refractivity contribution in [3.05, 3.63) is 29.8 Å². The lowest BCUT2D eigenvalue weighted by atomic mass is 10.1. The molecule has 0 bridgehead atoms. The Morgan fingerprint density at radius 2 is 1.94 bits per heavy atom. The maximum Gasteiger partial charge on any atom is 0.123 e. The van der Waals surface area contributed by atoms with Crippen molar-refractivity contribution in [3.8, 4) is 5.75 Å². The van der Waals surface area contributed by atoms with E-state index in [9.17, 15) is 0 Å². The number of aliphatic hydroxyl groups excluding tert-OH is 1. The van der Waals surface area contributed by atoms with Gasteiger partial charge in [-0.05, 0) is 26.8 Å². The fourth-order valence-corrected chi connectivity index (χ4v) is 1.40. The van der Waals surface area contributed by atoms with E-state index in [2.05, 4.69) is 32.2 Å². The molecular formula is C14H23NO2. The summed E-state index contributed by atoms with van der Waals surface area (Å²) >= 11 is 0. The van der Waals surface area contributed by atoms with Gasteiger partial charge in [0, 0.05) is 30.7 Å². The van der Waals surface area contributed by atoms with Crippen molar-refractivity contribution in [3.63, 3.8) is 0 Å². The average Bonchev–Trinajstić information content (AvgIpc) is 2.27. The van der Waals surface area contributed by atoms with Crippen molar-refractivity contribution in [1.29, 1.82) is 0 Å². The highest BCUT2D eigenvalue weighted by atomic mass is 16.5. The van der Waals surface area contributed by atoms with Gasteiger partial charge in [0.05, 0.1) is 6.61 Å². The Labute approximate surface area is 104 Å². The normalized spacial score (nSPS) is 11.5. The van der Waals surface area contributed by atoms with Crippen molar-refractivity contribution in [2.75, 3.05) is 13.2 Å². The third-order valence-electron chi connectivity index (χ3n) is 2.34. The predicted molar refractivity (Wildman–Crippen MR) is 70.2 cm³/mol. The van der Waals surface area contributed by atoms with Gasteiger partial charge in [-0.15, -0.1) is 0 Å². The molecule has 0 aliphatic carbocycles. The summed E-state index contributed by atoms with van der Waals surface area (Å²) in [6.45, 7) is 7.94. The zero-order chi connectivity index (χ0) is 12.7. The number of para-hydroxylation sites is 1. The molecule has 0 unspecified atom stereocenters. The molecule has 0 spiro atoms. The maximum absolute atomic E-state index is 8.73. The SMILES string of the molecule is CC(C)(C)NCc1ccccc1OCCCO. The smallest absolute Gasteiger partial charge is 0.123 e. The number of nitrogens with one attached hydrogen (secondary N) is 1. The van der Waals surface area contributed by atoms with Gasteiger partial charge < -0.3 is 15.2 Å². The van der Waals surface area contributed by atoms with Crippen LogP contribution < -0.4 is 10.1 Å². The highest BCUT2D eigenvalue weighted by Crippen LogP contribution is 2.18. The predicted octanol–water partition coefficient (Wildman–Crippen LogP) is 2.34. The molecule has 0 saturated heterocycles. The fourth-order valence-electron chi connectivity index (χ4n) is 1.40. The Bertz CT molecular complexity index is 331. The molecule has 0 fully saturated rings. The summed E-state index contributed by atoms with van der Waals surface area (Å²) in [5, 5.41) is 12.2. The van der Waals surface area contributed by atoms with Gasteiger partial charge in [-0.2, -0.15) is 0 Å². The van der Waals surface area contributed by atoms with Crippen LogP contribution in [0.4, 0.5) is 0 Å². The molecule has 0 radical (unpaired) electrons. The molecule has 3 heteroatoms. The summed E-state index contributed by atoms with van der Waals surface area (Å²) in [6, 6.07) is 8.01. The van der Waals surface area contributed by atoms with Gasteiger partial charge in [-0.1, -0.05) is 18.2 Å². The molecule has 0 aliphatic heterocycles. The molecular weight excluding hydrogens is 214 g/mol. The van der Waals surface area contributed by atoms with Gasteiger partial charge in [-0.25, -0.2) is 0 Å². The van der Waals surface area contributed by atoms with E-state index in [0.29, 0.717) is 13.0 Å². The lowest BCUT2D eigenvalue weighted by Crippen LogP contribution is -2.35. The summed E-state index contributed by atoms with van der Waals surface area (Å²) in [7, 11) is 0. The number of benzene rings is 1. The summed E-state index contributed by atoms with van der Waals surface area (Å²) < 4.78 is 5.64. The van der Waals surface area contributed by atoms with Crippen molar-refractivity contribution in [2.24, 2.45) is 0 Å². The Hall–Kier alpha value is -1.06. The average molecular weight is 237 g/mol. The minimum Gasteiger partial charge on any atom is -0.493 e. The lowest BCUT2D eigenvalue weighted by Gasteiger charge is -2.21. The number of ether oxygens (including phenoxy) is 1. The van der Waals surface area contributed by atoms with Crippen LogP contribution in [0.1, 0.15) is 32.8 Å². The summed E-state index contributed by atoms with van der Waals surface area (Å²) in [5.41, 5.74) is 1.25. The number of hydrogen-bond donors (Lipinski definition) is 2. The van der Waals surface area contributed by atoms with E-state index in [4.69, 9.17) is 9.84 Å². The van der Waals surface area contributed by atoms with Crippen molar-refractivity contribution >= 4 is 0 Å². The van der Waals surface area contributed by atoms with Crippen LogP contribution >= 0.6 is 0 Å². The van der Waals surface area contributed by atoms with E-state index in [-0.39, 0.29) is 12.1 Å². The lowest BCUT2D eigenvalue weighted by molar-refractivity contribution is 0.232. The minimum atomic E-state index is 0.0954. The Morgan fingerprint density at radius 3 is 2.59 bits per heavy atom. The van der Waals surface area contributed by atoms with E-state index in [1.54, 1.807) is 0 Å². The first-order valence-electron chi connectivity index (χ1n) is 6.09. The van der Waals surface area contributed by atoms with E-state index >= 15 is 0 Å². The van der Waals surface area contributed by atoms with Gasteiger partial charge in [-0.3, -0.25) is 0 Å². The van der Waals surface area contributed by atoms with Crippen molar-refractivity contribution in [2.45, 2.75) is 39.3 Å². The highest BCUT2D eigenvalue weighted by molar-refractivity contribution is 5.33. The van der Waals surface area contributed by atoms with Crippen LogP contribution in [0, 0.1) is 0 Å². The Kier molecular flexibility index (Phi) is 5.45. The highest BCUT2D eigenvalue weighted by Gasteiger charge is 2.10. The van der Waals surface area contributed by atoms with E-state index in [0.717, 1.165) is 17.9 Å². The molecule has 2 N–H and O–H groups in total. The first kappa shape index (κ1) is 14.0. The molecule has 0 amide bonds. The van der Waals surface area contributed by atoms with Crippen LogP contribution in [0.3, 0.4) is 0 Å². The molecule has 0 atom stereocenters. The van der Waals surface area contributed by atoms with Crippen LogP contribution in [0.2, 0.25) is 0 Å². The molecule has 1 rings (SSSR count). The molecule has 0 aliphatic rings. The monoisotopic (exact) mass is 237 g/mol. The molecule has 17 heavy (non-hydrogen) atoms. The van der Waals surface area contributed by atoms with Crippen LogP contribution in [0.15, 0.2) is 24.3 Å². The standard InChI is InChI=1S/C14H23NO2/c1-14(2,3)15-11-12-7-4-5-8-13(12)17-10-6-9-16/h4-5,7-8,15-16H,6,9-11H2,1-3H3. The first-order valence-corrected chi connectivity index (χ1v) is 6.09. The fraction of sp³-hybridized carbons (Fsp3) is 0.571. The summed E-state index contributed by atoms with van der Waals surface area (Å²) in [4.78, 5) is 0. The zero-order valence-corrected chi connectivity index (χ0v) is 11.0. The van der Waals surface area contributed by atoms with Crippen molar-refractivity contribution < 1.29 is 9.84 Å². The van der Waals surface area contributed by atoms with Crippen LogP contribution in [0.5, 0.6) is 5.75 Å². The second kappa shape index (κ2) is 6.62. The van der Waals surface area contributed by atoms with Crippen LogP contribution in [-0.4, -0.2) is 23.9 Å². The van der Waals surface area contributed by atoms with Gasteiger partial charge >= 0.3 is 0 Å². The number of hydrogen-bond acceptors (Lipinski definition) is 3. The molecule has 1 aromatic carbocycles. The summed E-state index contributed by atoms with van der Waals surface area (Å²) in [5.74, 6) is 0.901. The van der Waals surface area contributed by atoms with Gasteiger partial charge in [0.2, 0.25) is 0 Å². The molecule has 1 aromatic rings. The minimum absolute atomic E-state index is 0.0954. The third-order valence-corrected chi connectivity index (χ3v) is 2.34. The van der Waals surface area contributed by atoms with Gasteiger partial charge in [0.1, 0.15) is 5.75 Å². The van der Waals surface area contributed by atoms with Crippen molar-refractivity contribution in [1.82, 2.24) is 5.32 Å². The molecule has 96 valence electrons. The van der Waals surface area contributed by atoms with E-state index < -0.39 is 0 Å². The van der Waals surface area contributed by atoms with E-state index in [1.165, 1.54) is 0 Å². The van der Waals surface area contributed by atoms with Crippen LogP contribution in [0.25, 0.3) is 0 Å².